The molecule has 88 valence electrons. The fourth-order valence-corrected chi connectivity index (χ4v) is 2.26. The minimum absolute atomic E-state index is 0.0126. The molecule has 1 aliphatic carbocycles. The minimum atomic E-state index is -0.307. The van der Waals surface area contributed by atoms with E-state index in [1.54, 1.807) is 0 Å². The molecule has 3 nitrogen and oxygen atoms in total. The number of carbonyl (C=O) groups excluding carboxylic acids is 1. The average molecular weight is 212 g/mol. The summed E-state index contributed by atoms with van der Waals surface area (Å²) in [5.74, 6) is 0.230. The van der Waals surface area contributed by atoms with Crippen LogP contribution in [-0.4, -0.2) is 29.4 Å². The van der Waals surface area contributed by atoms with E-state index in [1.165, 1.54) is 0 Å². The molecule has 3 heteroatoms. The summed E-state index contributed by atoms with van der Waals surface area (Å²) in [5.41, 5.74) is 5.91. The zero-order chi connectivity index (χ0) is 11.6. The molecule has 1 amide bonds. The van der Waals surface area contributed by atoms with Gasteiger partial charge in [0.1, 0.15) is 0 Å². The highest BCUT2D eigenvalue weighted by molar-refractivity contribution is 5.80. The smallest absolute Gasteiger partial charge is 0.227 e. The van der Waals surface area contributed by atoms with E-state index in [1.807, 2.05) is 32.7 Å². The normalized spacial score (nSPS) is 31.7. The number of nitrogens with two attached hydrogens (primary N) is 1. The Morgan fingerprint density at radius 1 is 1.47 bits per heavy atom. The highest BCUT2D eigenvalue weighted by atomic mass is 16.2. The van der Waals surface area contributed by atoms with Crippen molar-refractivity contribution in [3.63, 3.8) is 0 Å². The lowest BCUT2D eigenvalue weighted by atomic mass is 9.74. The Labute approximate surface area is 93.0 Å². The monoisotopic (exact) mass is 212 g/mol. The van der Waals surface area contributed by atoms with Crippen LogP contribution in [0.2, 0.25) is 0 Å². The van der Waals surface area contributed by atoms with Crippen LogP contribution in [0.5, 0.6) is 0 Å². The second-order valence-electron chi connectivity index (χ2n) is 5.35. The van der Waals surface area contributed by atoms with Crippen LogP contribution in [0.4, 0.5) is 0 Å². The molecule has 0 aliphatic heterocycles. The van der Waals surface area contributed by atoms with Crippen molar-refractivity contribution in [1.82, 2.24) is 4.90 Å². The van der Waals surface area contributed by atoms with Gasteiger partial charge in [-0.1, -0.05) is 12.8 Å². The minimum Gasteiger partial charge on any atom is -0.343 e. The van der Waals surface area contributed by atoms with Gasteiger partial charge >= 0.3 is 0 Å². The van der Waals surface area contributed by atoms with Crippen molar-refractivity contribution >= 4 is 5.91 Å². The van der Waals surface area contributed by atoms with E-state index in [-0.39, 0.29) is 23.4 Å². The van der Waals surface area contributed by atoms with Crippen molar-refractivity contribution in [2.24, 2.45) is 11.7 Å². The van der Waals surface area contributed by atoms with Crippen molar-refractivity contribution in [2.45, 2.75) is 58.0 Å². The van der Waals surface area contributed by atoms with Gasteiger partial charge in [-0.15, -0.1) is 0 Å². The van der Waals surface area contributed by atoms with Crippen LogP contribution in [0, 0.1) is 5.92 Å². The number of amides is 1. The zero-order valence-corrected chi connectivity index (χ0v) is 10.4. The quantitative estimate of drug-likeness (QED) is 0.758. The van der Waals surface area contributed by atoms with Crippen molar-refractivity contribution in [3.05, 3.63) is 0 Å². The lowest BCUT2D eigenvalue weighted by Crippen LogP contribution is -2.54. The first-order chi connectivity index (χ1) is 6.86. The molecule has 0 spiro atoms. The predicted octanol–water partition coefficient (Wildman–Crippen LogP) is 1.76. The van der Waals surface area contributed by atoms with Gasteiger partial charge in [-0.25, -0.2) is 0 Å². The standard InChI is InChI=1S/C12H24N2O/c1-9(2)14(4)11(15)10-7-5-6-8-12(10,3)13/h9-10H,5-8,13H2,1-4H3. The van der Waals surface area contributed by atoms with E-state index in [4.69, 9.17) is 5.73 Å². The number of rotatable bonds is 2. The van der Waals surface area contributed by atoms with Crippen LogP contribution in [0.15, 0.2) is 0 Å². The third-order valence-electron chi connectivity index (χ3n) is 3.67. The van der Waals surface area contributed by atoms with Crippen LogP contribution >= 0.6 is 0 Å². The van der Waals surface area contributed by atoms with E-state index in [9.17, 15) is 4.79 Å². The second-order valence-corrected chi connectivity index (χ2v) is 5.35. The van der Waals surface area contributed by atoms with Crippen LogP contribution < -0.4 is 5.73 Å². The molecule has 1 aliphatic rings. The molecular formula is C12H24N2O. The summed E-state index contributed by atoms with van der Waals surface area (Å²) in [6, 6.07) is 0.259. The third kappa shape index (κ3) is 2.71. The lowest BCUT2D eigenvalue weighted by molar-refractivity contribution is -0.139. The molecule has 0 aromatic heterocycles. The molecule has 15 heavy (non-hydrogen) atoms. The Kier molecular flexibility index (Phi) is 3.77. The van der Waals surface area contributed by atoms with Gasteiger partial charge in [0.25, 0.3) is 0 Å². The van der Waals surface area contributed by atoms with Gasteiger partial charge in [0, 0.05) is 18.6 Å². The van der Waals surface area contributed by atoms with E-state index < -0.39 is 0 Å². The molecule has 0 aromatic rings. The maximum atomic E-state index is 12.2. The van der Waals surface area contributed by atoms with E-state index >= 15 is 0 Å². The van der Waals surface area contributed by atoms with Crippen molar-refractivity contribution < 1.29 is 4.79 Å². The SMILES string of the molecule is CC(C)N(C)C(=O)C1CCCCC1(C)N. The molecule has 0 bridgehead atoms. The average Bonchev–Trinajstić information content (AvgIpc) is 2.15. The first-order valence-corrected chi connectivity index (χ1v) is 5.92. The Bertz CT molecular complexity index is 236. The summed E-state index contributed by atoms with van der Waals surface area (Å²) in [4.78, 5) is 14.0. The van der Waals surface area contributed by atoms with Gasteiger partial charge in [-0.2, -0.15) is 0 Å². The van der Waals surface area contributed by atoms with Crippen molar-refractivity contribution in [3.8, 4) is 0 Å². The summed E-state index contributed by atoms with van der Waals surface area (Å²) in [5, 5.41) is 0. The van der Waals surface area contributed by atoms with E-state index in [2.05, 4.69) is 0 Å². The Hall–Kier alpha value is -0.570. The summed E-state index contributed by atoms with van der Waals surface area (Å²) in [6.07, 6.45) is 4.20. The highest BCUT2D eigenvalue weighted by Crippen LogP contribution is 2.32. The zero-order valence-electron chi connectivity index (χ0n) is 10.4. The number of nitrogens with zero attached hydrogens (tertiary/aromatic N) is 1. The Morgan fingerprint density at radius 2 is 2.07 bits per heavy atom. The predicted molar refractivity (Wildman–Crippen MR) is 62.5 cm³/mol. The summed E-state index contributed by atoms with van der Waals surface area (Å²) in [6.45, 7) is 6.09. The molecule has 0 radical (unpaired) electrons. The molecular weight excluding hydrogens is 188 g/mol. The Balaban J connectivity index is 2.73. The molecule has 2 unspecified atom stereocenters. The molecule has 1 fully saturated rings. The van der Waals surface area contributed by atoms with Gasteiger partial charge in [0.2, 0.25) is 5.91 Å². The van der Waals surface area contributed by atoms with Crippen LogP contribution in [0.1, 0.15) is 46.5 Å². The van der Waals surface area contributed by atoms with Gasteiger partial charge < -0.3 is 10.6 Å². The molecule has 0 heterocycles. The lowest BCUT2D eigenvalue weighted by Gasteiger charge is -2.40. The Morgan fingerprint density at radius 3 is 2.53 bits per heavy atom. The number of hydrogen-bond acceptors (Lipinski definition) is 2. The van der Waals surface area contributed by atoms with Crippen LogP contribution in [0.25, 0.3) is 0 Å². The van der Waals surface area contributed by atoms with Gasteiger partial charge in [-0.3, -0.25) is 4.79 Å². The van der Waals surface area contributed by atoms with Gasteiger partial charge in [0.05, 0.1) is 5.92 Å². The molecule has 2 atom stereocenters. The maximum Gasteiger partial charge on any atom is 0.227 e. The molecule has 1 saturated carbocycles. The topological polar surface area (TPSA) is 46.3 Å². The maximum absolute atomic E-state index is 12.2. The van der Waals surface area contributed by atoms with Crippen LogP contribution in [0.3, 0.4) is 0 Å². The second kappa shape index (κ2) is 4.52. The van der Waals surface area contributed by atoms with E-state index in [0.717, 1.165) is 25.7 Å². The molecule has 0 aromatic carbocycles. The summed E-state index contributed by atoms with van der Waals surface area (Å²) in [7, 11) is 1.87. The fourth-order valence-electron chi connectivity index (χ4n) is 2.26. The van der Waals surface area contributed by atoms with Gasteiger partial charge in [0.15, 0.2) is 0 Å². The molecule has 2 N–H and O–H groups in total. The third-order valence-corrected chi connectivity index (χ3v) is 3.67. The first kappa shape index (κ1) is 12.5. The first-order valence-electron chi connectivity index (χ1n) is 5.92. The van der Waals surface area contributed by atoms with Crippen molar-refractivity contribution in [2.75, 3.05) is 7.05 Å². The van der Waals surface area contributed by atoms with Crippen molar-refractivity contribution in [1.29, 1.82) is 0 Å². The highest BCUT2D eigenvalue weighted by Gasteiger charge is 2.39. The summed E-state index contributed by atoms with van der Waals surface area (Å²) < 4.78 is 0. The van der Waals surface area contributed by atoms with Crippen LogP contribution in [-0.2, 0) is 4.79 Å². The largest absolute Gasteiger partial charge is 0.343 e. The van der Waals surface area contributed by atoms with Gasteiger partial charge in [-0.05, 0) is 33.6 Å². The van der Waals surface area contributed by atoms with E-state index in [0.29, 0.717) is 0 Å². The molecule has 1 rings (SSSR count). The fraction of sp³-hybridized carbons (Fsp3) is 0.917. The number of hydrogen-bond donors (Lipinski definition) is 1. The molecule has 0 saturated heterocycles. The summed E-state index contributed by atoms with van der Waals surface area (Å²) >= 11 is 0. The number of carbonyl (C=O) groups is 1.